The molecule has 0 aliphatic heterocycles. The average molecular weight is 225 g/mol. The predicted molar refractivity (Wildman–Crippen MR) is 65.6 cm³/mol. The maximum absolute atomic E-state index is 11.8. The fourth-order valence-electron chi connectivity index (χ4n) is 1.41. The van der Waals surface area contributed by atoms with Crippen LogP contribution < -0.4 is 5.32 Å². The molecular weight excluding hydrogens is 214 g/mol. The molecule has 0 fully saturated rings. The molecule has 0 bridgehead atoms. The monoisotopic (exact) mass is 225 g/mol. The number of para-hydroxylation sites is 1. The van der Waals surface area contributed by atoms with Crippen molar-refractivity contribution in [3.63, 3.8) is 0 Å². The summed E-state index contributed by atoms with van der Waals surface area (Å²) in [6, 6.07) is 15.8. The molecule has 0 unspecified atom stereocenters. The van der Waals surface area contributed by atoms with Crippen molar-refractivity contribution in [1.82, 2.24) is 0 Å². The van der Waals surface area contributed by atoms with E-state index < -0.39 is 0 Å². The summed E-state index contributed by atoms with van der Waals surface area (Å²) in [5.74, 6) is -0.173. The van der Waals surface area contributed by atoms with Crippen LogP contribution in [0.2, 0.25) is 0 Å². The molecule has 0 aliphatic rings. The van der Waals surface area contributed by atoms with E-state index in [1.807, 2.05) is 30.3 Å². The number of carbonyl (C=O) groups excluding carboxylic acids is 1. The van der Waals surface area contributed by atoms with Gasteiger partial charge in [-0.1, -0.05) is 18.2 Å². The maximum atomic E-state index is 11.8. The third-order valence-electron chi connectivity index (χ3n) is 2.29. The Morgan fingerprint density at radius 3 is 2.24 bits per heavy atom. The molecule has 2 aromatic carbocycles. The van der Waals surface area contributed by atoms with E-state index in [0.29, 0.717) is 11.3 Å². The van der Waals surface area contributed by atoms with Crippen LogP contribution in [0.25, 0.3) is 0 Å². The SMILES string of the molecule is N=Nc1ccc(C(=O)Nc2ccccc2)cc1. The Morgan fingerprint density at radius 2 is 1.65 bits per heavy atom. The van der Waals surface area contributed by atoms with Crippen LogP contribution in [0.1, 0.15) is 10.4 Å². The molecule has 2 aromatic rings. The number of amides is 1. The van der Waals surface area contributed by atoms with Gasteiger partial charge in [0.25, 0.3) is 5.91 Å². The largest absolute Gasteiger partial charge is 0.322 e. The van der Waals surface area contributed by atoms with Gasteiger partial charge in [0, 0.05) is 11.3 Å². The van der Waals surface area contributed by atoms with Gasteiger partial charge in [-0.25, -0.2) is 5.53 Å². The van der Waals surface area contributed by atoms with Crippen LogP contribution in [0.4, 0.5) is 11.4 Å². The average Bonchev–Trinajstić information content (AvgIpc) is 2.40. The molecule has 4 heteroatoms. The second-order valence-corrected chi connectivity index (χ2v) is 3.48. The van der Waals surface area contributed by atoms with Crippen molar-refractivity contribution in [2.45, 2.75) is 0 Å². The van der Waals surface area contributed by atoms with Gasteiger partial charge in [0.05, 0.1) is 5.69 Å². The van der Waals surface area contributed by atoms with Crippen molar-refractivity contribution >= 4 is 17.3 Å². The molecule has 0 aromatic heterocycles. The Labute approximate surface area is 98.8 Å². The van der Waals surface area contributed by atoms with Gasteiger partial charge in [-0.05, 0) is 36.4 Å². The molecule has 0 aliphatic carbocycles. The van der Waals surface area contributed by atoms with Crippen molar-refractivity contribution in [2.24, 2.45) is 5.11 Å². The van der Waals surface area contributed by atoms with Crippen molar-refractivity contribution in [1.29, 1.82) is 5.53 Å². The first-order valence-corrected chi connectivity index (χ1v) is 5.13. The van der Waals surface area contributed by atoms with E-state index in [-0.39, 0.29) is 5.91 Å². The molecule has 2 rings (SSSR count). The minimum absolute atomic E-state index is 0.173. The number of anilines is 1. The molecule has 84 valence electrons. The quantitative estimate of drug-likeness (QED) is 0.770. The van der Waals surface area contributed by atoms with Crippen molar-refractivity contribution in [3.8, 4) is 0 Å². The van der Waals surface area contributed by atoms with Crippen molar-refractivity contribution in [2.75, 3.05) is 5.32 Å². The van der Waals surface area contributed by atoms with Gasteiger partial charge in [-0.2, -0.15) is 5.11 Å². The fourth-order valence-corrected chi connectivity index (χ4v) is 1.41. The smallest absolute Gasteiger partial charge is 0.255 e. The van der Waals surface area contributed by atoms with E-state index >= 15 is 0 Å². The van der Waals surface area contributed by atoms with E-state index in [0.717, 1.165) is 5.69 Å². The zero-order chi connectivity index (χ0) is 12.1. The Balaban J connectivity index is 2.12. The summed E-state index contributed by atoms with van der Waals surface area (Å²) in [5.41, 5.74) is 8.65. The lowest BCUT2D eigenvalue weighted by Crippen LogP contribution is -2.11. The summed E-state index contributed by atoms with van der Waals surface area (Å²) in [4.78, 5) is 11.8. The molecular formula is C13H11N3O. The number of nitrogens with one attached hydrogen (secondary N) is 2. The van der Waals surface area contributed by atoms with Gasteiger partial charge in [0.2, 0.25) is 0 Å². The van der Waals surface area contributed by atoms with Crippen molar-refractivity contribution < 1.29 is 4.79 Å². The first-order chi connectivity index (χ1) is 8.29. The van der Waals surface area contributed by atoms with Crippen LogP contribution >= 0.6 is 0 Å². The van der Waals surface area contributed by atoms with Gasteiger partial charge in [0.1, 0.15) is 0 Å². The van der Waals surface area contributed by atoms with Gasteiger partial charge in [-0.3, -0.25) is 4.79 Å². The van der Waals surface area contributed by atoms with E-state index in [2.05, 4.69) is 10.4 Å². The summed E-state index contributed by atoms with van der Waals surface area (Å²) < 4.78 is 0. The van der Waals surface area contributed by atoms with Crippen LogP contribution in [0.3, 0.4) is 0 Å². The lowest BCUT2D eigenvalue weighted by molar-refractivity contribution is 0.102. The highest BCUT2D eigenvalue weighted by Gasteiger charge is 2.05. The maximum Gasteiger partial charge on any atom is 0.255 e. The second kappa shape index (κ2) is 5.03. The minimum atomic E-state index is -0.173. The first kappa shape index (κ1) is 11.0. The summed E-state index contributed by atoms with van der Waals surface area (Å²) in [5, 5.41) is 6.05. The number of rotatable bonds is 3. The molecule has 0 heterocycles. The lowest BCUT2D eigenvalue weighted by atomic mass is 10.2. The highest BCUT2D eigenvalue weighted by Crippen LogP contribution is 2.14. The van der Waals surface area contributed by atoms with E-state index in [9.17, 15) is 4.79 Å². The van der Waals surface area contributed by atoms with Gasteiger partial charge in [0.15, 0.2) is 0 Å². The number of benzene rings is 2. The molecule has 2 N–H and O–H groups in total. The highest BCUT2D eigenvalue weighted by molar-refractivity contribution is 6.04. The molecule has 0 radical (unpaired) electrons. The zero-order valence-corrected chi connectivity index (χ0v) is 9.05. The Morgan fingerprint density at radius 1 is 1.00 bits per heavy atom. The molecule has 0 saturated carbocycles. The summed E-state index contributed by atoms with van der Waals surface area (Å²) in [6.07, 6.45) is 0. The standard InChI is InChI=1S/C13H11N3O/c14-16-12-8-6-10(7-9-12)13(17)15-11-4-2-1-3-5-11/h1-9,14H,(H,15,17). The molecule has 0 saturated heterocycles. The summed E-state index contributed by atoms with van der Waals surface area (Å²) in [7, 11) is 0. The molecule has 17 heavy (non-hydrogen) atoms. The Hall–Kier alpha value is -2.49. The topological polar surface area (TPSA) is 65.3 Å². The normalized spacial score (nSPS) is 9.65. The van der Waals surface area contributed by atoms with Crippen LogP contribution in [0, 0.1) is 5.53 Å². The number of carbonyl (C=O) groups is 1. The summed E-state index contributed by atoms with van der Waals surface area (Å²) in [6.45, 7) is 0. The number of hydrogen-bond acceptors (Lipinski definition) is 3. The van der Waals surface area contributed by atoms with Crippen LogP contribution in [-0.4, -0.2) is 5.91 Å². The fraction of sp³-hybridized carbons (Fsp3) is 0. The first-order valence-electron chi connectivity index (χ1n) is 5.13. The van der Waals surface area contributed by atoms with Gasteiger partial charge in [-0.15, -0.1) is 0 Å². The van der Waals surface area contributed by atoms with Crippen LogP contribution in [-0.2, 0) is 0 Å². The van der Waals surface area contributed by atoms with Crippen LogP contribution in [0.15, 0.2) is 59.7 Å². The zero-order valence-electron chi connectivity index (χ0n) is 9.05. The molecule has 0 atom stereocenters. The van der Waals surface area contributed by atoms with E-state index in [1.54, 1.807) is 24.3 Å². The minimum Gasteiger partial charge on any atom is -0.322 e. The van der Waals surface area contributed by atoms with Crippen LogP contribution in [0.5, 0.6) is 0 Å². The number of nitrogens with zero attached hydrogens (tertiary/aromatic N) is 1. The van der Waals surface area contributed by atoms with E-state index in [4.69, 9.17) is 5.53 Å². The highest BCUT2D eigenvalue weighted by atomic mass is 16.1. The molecule has 0 spiro atoms. The third kappa shape index (κ3) is 2.75. The number of hydrogen-bond donors (Lipinski definition) is 2. The van der Waals surface area contributed by atoms with Gasteiger partial charge >= 0.3 is 0 Å². The molecule has 1 amide bonds. The predicted octanol–water partition coefficient (Wildman–Crippen LogP) is 3.60. The second-order valence-electron chi connectivity index (χ2n) is 3.48. The Kier molecular flexibility index (Phi) is 3.25. The summed E-state index contributed by atoms with van der Waals surface area (Å²) >= 11 is 0. The van der Waals surface area contributed by atoms with E-state index in [1.165, 1.54) is 0 Å². The third-order valence-corrected chi connectivity index (χ3v) is 2.29. The van der Waals surface area contributed by atoms with Crippen molar-refractivity contribution in [3.05, 3.63) is 60.2 Å². The van der Waals surface area contributed by atoms with Gasteiger partial charge < -0.3 is 5.32 Å². The molecule has 4 nitrogen and oxygen atoms in total. The lowest BCUT2D eigenvalue weighted by Gasteiger charge is -2.04. The Bertz CT molecular complexity index is 520.